The minimum atomic E-state index is -1.06. The van der Waals surface area contributed by atoms with Gasteiger partial charge in [-0.25, -0.2) is 4.79 Å². The van der Waals surface area contributed by atoms with E-state index >= 15 is 0 Å². The molecule has 0 fully saturated rings. The molecule has 1 N–H and O–H groups in total. The van der Waals surface area contributed by atoms with Crippen LogP contribution < -0.4 is 39.0 Å². The highest BCUT2D eigenvalue weighted by atomic mass is 16.5. The molecular weight excluding hydrogens is 534 g/mol. The van der Waals surface area contributed by atoms with Gasteiger partial charge in [0.05, 0.1) is 47.5 Å². The molecule has 3 aromatic carbocycles. The molecule has 0 radical (unpaired) electrons. The lowest BCUT2D eigenvalue weighted by molar-refractivity contribution is -0.136. The van der Waals surface area contributed by atoms with Crippen LogP contribution in [0.3, 0.4) is 0 Å². The molecule has 11 nitrogen and oxygen atoms in total. The molecule has 1 atom stereocenters. The monoisotopic (exact) mass is 563 g/mol. The molecule has 1 unspecified atom stereocenters. The van der Waals surface area contributed by atoms with Gasteiger partial charge in [0, 0.05) is 23.6 Å². The third-order valence-corrected chi connectivity index (χ3v) is 6.74. The van der Waals surface area contributed by atoms with E-state index in [-0.39, 0.29) is 33.9 Å². The molecule has 0 saturated heterocycles. The van der Waals surface area contributed by atoms with Crippen LogP contribution in [0.1, 0.15) is 21.5 Å². The number of aliphatic carboxylic acids is 1. The van der Waals surface area contributed by atoms with Gasteiger partial charge in [0.2, 0.25) is 5.75 Å². The number of nitrogens with zero attached hydrogens (tertiary/aromatic N) is 1. The second-order valence-corrected chi connectivity index (χ2v) is 8.84. The molecule has 214 valence electrons. The van der Waals surface area contributed by atoms with Crippen LogP contribution in [0.25, 0.3) is 5.57 Å². The van der Waals surface area contributed by atoms with E-state index in [1.165, 1.54) is 53.6 Å². The molecule has 1 heterocycles. The van der Waals surface area contributed by atoms with Crippen molar-refractivity contribution in [1.29, 1.82) is 0 Å². The van der Waals surface area contributed by atoms with E-state index in [1.807, 2.05) is 5.94 Å². The maximum absolute atomic E-state index is 14.2. The fraction of sp³-hybridized carbons (Fsp3) is 0.267. The molecule has 0 spiro atoms. The highest BCUT2D eigenvalue weighted by Gasteiger charge is 2.38. The average Bonchev–Trinajstić information content (AvgIpc) is 2.99. The number of carbonyl (C=O) groups is 2. The summed E-state index contributed by atoms with van der Waals surface area (Å²) in [5, 5.41) is 9.38. The van der Waals surface area contributed by atoms with Crippen molar-refractivity contribution in [2.24, 2.45) is 0 Å². The van der Waals surface area contributed by atoms with Crippen LogP contribution in [0.4, 0.5) is 5.69 Å². The Labute approximate surface area is 235 Å². The number of amides is 1. The summed E-state index contributed by atoms with van der Waals surface area (Å²) in [4.78, 5) is 39.2. The highest BCUT2D eigenvalue weighted by molar-refractivity contribution is 6.11. The maximum atomic E-state index is 14.2. The summed E-state index contributed by atoms with van der Waals surface area (Å²) < 4.78 is 33.5. The highest BCUT2D eigenvalue weighted by Crippen LogP contribution is 2.42. The minimum Gasteiger partial charge on any atom is -0.493 e. The van der Waals surface area contributed by atoms with Gasteiger partial charge in [0.25, 0.3) is 5.91 Å². The molecule has 0 saturated carbocycles. The standard InChI is InChI=1S/C30H29NO10/c1-36-21-12-17(13-22(37-2)28(21)40-5)25-26-19(14-23(38-3)27(39-4)20(26)15-32)29(35)31(30(25)41-6)18-9-7-16(8-10-18)11-24(33)34/h7-10,12-14,30H,11H2,1-6H3,(H,33,34). The van der Waals surface area contributed by atoms with Gasteiger partial charge in [-0.05, 0) is 41.5 Å². The summed E-state index contributed by atoms with van der Waals surface area (Å²) >= 11 is 0. The van der Waals surface area contributed by atoms with Gasteiger partial charge in [-0.2, -0.15) is 0 Å². The van der Waals surface area contributed by atoms with Crippen LogP contribution in [0.5, 0.6) is 28.7 Å². The number of anilines is 1. The fourth-order valence-corrected chi connectivity index (χ4v) is 4.98. The SMILES string of the molecule is COc1cc(C2=c3c(cc(OC)c(OC)c3=C=O)C(=O)N(c3ccc(CC(=O)O)cc3)C2OC)cc(OC)c1OC. The zero-order valence-electron chi connectivity index (χ0n) is 23.4. The van der Waals surface area contributed by atoms with Crippen molar-refractivity contribution < 1.29 is 47.9 Å². The fourth-order valence-electron chi connectivity index (χ4n) is 4.98. The molecule has 1 aliphatic heterocycles. The Morgan fingerprint density at radius 3 is 1.88 bits per heavy atom. The van der Waals surface area contributed by atoms with E-state index in [0.717, 1.165) is 0 Å². The zero-order valence-corrected chi connectivity index (χ0v) is 23.4. The van der Waals surface area contributed by atoms with Crippen LogP contribution in [0, 0.1) is 0 Å². The van der Waals surface area contributed by atoms with Crippen molar-refractivity contribution >= 4 is 29.1 Å². The number of rotatable bonds is 10. The summed E-state index contributed by atoms with van der Waals surface area (Å²) in [6.45, 7) is 0. The van der Waals surface area contributed by atoms with E-state index in [1.54, 1.807) is 36.4 Å². The van der Waals surface area contributed by atoms with Crippen LogP contribution in [-0.4, -0.2) is 71.8 Å². The third kappa shape index (κ3) is 5.04. The van der Waals surface area contributed by atoms with Crippen molar-refractivity contribution in [1.82, 2.24) is 0 Å². The van der Waals surface area contributed by atoms with Gasteiger partial charge in [-0.3, -0.25) is 14.5 Å². The molecule has 0 aliphatic carbocycles. The van der Waals surface area contributed by atoms with E-state index < -0.39 is 18.1 Å². The first-order valence-corrected chi connectivity index (χ1v) is 12.3. The molecule has 41 heavy (non-hydrogen) atoms. The molecule has 1 aliphatic rings. The molecule has 0 bridgehead atoms. The van der Waals surface area contributed by atoms with E-state index in [4.69, 9.17) is 28.4 Å². The van der Waals surface area contributed by atoms with Crippen LogP contribution >= 0.6 is 0 Å². The Kier molecular flexibility index (Phi) is 8.51. The smallest absolute Gasteiger partial charge is 0.307 e. The summed E-state index contributed by atoms with van der Waals surface area (Å²) in [7, 11) is 8.63. The number of benzene rings is 3. The quantitative estimate of drug-likeness (QED) is 0.389. The van der Waals surface area contributed by atoms with Crippen LogP contribution in [0.15, 0.2) is 42.5 Å². The normalized spacial score (nSPS) is 14.2. The molecule has 3 aromatic rings. The van der Waals surface area contributed by atoms with Gasteiger partial charge in [0.1, 0.15) is 11.2 Å². The first-order valence-electron chi connectivity index (χ1n) is 12.3. The van der Waals surface area contributed by atoms with Crippen molar-refractivity contribution in [3.8, 4) is 28.7 Å². The maximum Gasteiger partial charge on any atom is 0.307 e. The first-order chi connectivity index (χ1) is 19.8. The first kappa shape index (κ1) is 29.0. The van der Waals surface area contributed by atoms with E-state index in [2.05, 4.69) is 0 Å². The van der Waals surface area contributed by atoms with Gasteiger partial charge in [0.15, 0.2) is 29.2 Å². The largest absolute Gasteiger partial charge is 0.493 e. The van der Waals surface area contributed by atoms with Crippen LogP contribution in [0.2, 0.25) is 0 Å². The lowest BCUT2D eigenvalue weighted by Crippen LogP contribution is -2.54. The second kappa shape index (κ2) is 12.0. The lowest BCUT2D eigenvalue weighted by atomic mass is 9.91. The summed E-state index contributed by atoms with van der Waals surface area (Å²) in [5.41, 5.74) is 2.02. The number of fused-ring (bicyclic) bond motifs is 1. The number of methoxy groups -OCH3 is 6. The summed E-state index contributed by atoms with van der Waals surface area (Å²) in [6, 6.07) is 11.4. The Morgan fingerprint density at radius 1 is 0.854 bits per heavy atom. The number of hydrogen-bond acceptors (Lipinski definition) is 9. The Balaban J connectivity index is 2.15. The lowest BCUT2D eigenvalue weighted by Gasteiger charge is -2.36. The average molecular weight is 564 g/mol. The van der Waals surface area contributed by atoms with Crippen molar-refractivity contribution in [3.63, 3.8) is 0 Å². The van der Waals surface area contributed by atoms with Gasteiger partial charge in [-0.1, -0.05) is 12.1 Å². The third-order valence-electron chi connectivity index (χ3n) is 6.74. The predicted octanol–water partition coefficient (Wildman–Crippen LogP) is 1.69. The molecule has 4 rings (SSSR count). The van der Waals surface area contributed by atoms with Gasteiger partial charge >= 0.3 is 5.97 Å². The number of hydrogen-bond donors (Lipinski definition) is 1. The Hall–Kier alpha value is -4.99. The van der Waals surface area contributed by atoms with Crippen molar-refractivity contribution in [2.75, 3.05) is 47.6 Å². The zero-order chi connectivity index (χ0) is 29.8. The number of carbonyl (C=O) groups excluding carboxylic acids is 2. The Morgan fingerprint density at radius 2 is 1.41 bits per heavy atom. The van der Waals surface area contributed by atoms with Crippen molar-refractivity contribution in [2.45, 2.75) is 12.6 Å². The van der Waals surface area contributed by atoms with E-state index in [0.29, 0.717) is 39.6 Å². The van der Waals surface area contributed by atoms with Crippen molar-refractivity contribution in [3.05, 3.63) is 69.6 Å². The number of carboxylic acid groups (broad SMARTS) is 1. The summed E-state index contributed by atoms with van der Waals surface area (Å²) in [5.74, 6) is 1.74. The second-order valence-electron chi connectivity index (χ2n) is 8.84. The van der Waals surface area contributed by atoms with Gasteiger partial charge < -0.3 is 33.5 Å². The summed E-state index contributed by atoms with van der Waals surface area (Å²) in [6.07, 6.45) is -1.24. The number of carboxylic acids is 1. The Bertz CT molecular complexity index is 1620. The topological polar surface area (TPSA) is 130 Å². The van der Waals surface area contributed by atoms with Gasteiger partial charge in [-0.15, -0.1) is 0 Å². The molecule has 0 aromatic heterocycles. The molecular formula is C30H29NO10. The predicted molar refractivity (Wildman–Crippen MR) is 148 cm³/mol. The minimum absolute atomic E-state index is 0.0301. The van der Waals surface area contributed by atoms with E-state index in [9.17, 15) is 19.5 Å². The molecule has 11 heteroatoms. The van der Waals surface area contributed by atoms with Crippen LogP contribution in [-0.2, 0) is 20.7 Å². The molecule has 1 amide bonds. The number of ether oxygens (including phenoxy) is 6.